The molecule has 0 saturated carbocycles. The maximum absolute atomic E-state index is 13.2. The van der Waals surface area contributed by atoms with E-state index in [-0.39, 0.29) is 39.7 Å². The van der Waals surface area contributed by atoms with Crippen LogP contribution in [0.1, 0.15) is 168 Å². The maximum atomic E-state index is 13.2. The molecule has 0 aliphatic heterocycles. The summed E-state index contributed by atoms with van der Waals surface area (Å²) in [7, 11) is 0. The quantitative estimate of drug-likeness (QED) is 0.0486. The van der Waals surface area contributed by atoms with Gasteiger partial charge in [0.1, 0.15) is 23.0 Å². The van der Waals surface area contributed by atoms with Crippen LogP contribution in [0.15, 0.2) is 129 Å². The summed E-state index contributed by atoms with van der Waals surface area (Å²) in [5.41, 5.74) is 8.73. The van der Waals surface area contributed by atoms with Crippen molar-refractivity contribution >= 4 is 35.3 Å². The molecule has 3 aliphatic rings. The van der Waals surface area contributed by atoms with Gasteiger partial charge in [0.2, 0.25) is 0 Å². The number of Topliss-reactive ketones (excluding diaryl/α,β-unsaturated/α-hetero) is 4. The normalized spacial score (nSPS) is 14.6. The molecule has 63 heavy (non-hydrogen) atoms. The molecule has 4 aromatic carbocycles. The van der Waals surface area contributed by atoms with Gasteiger partial charge >= 0.3 is 0 Å². The number of ketones is 4. The highest BCUT2D eigenvalue weighted by Gasteiger charge is 2.43. The Hall–Kier alpha value is -6.40. The number of carbonyl (C=O) groups is 4. The molecule has 3 aliphatic carbocycles. The minimum absolute atomic E-state index is 0.126. The van der Waals surface area contributed by atoms with E-state index in [1.165, 1.54) is 86.5 Å². The molecule has 0 saturated heterocycles. The van der Waals surface area contributed by atoms with Gasteiger partial charge in [0.05, 0.1) is 11.1 Å². The summed E-state index contributed by atoms with van der Waals surface area (Å²) in [6.07, 6.45) is 19.7. The fraction of sp³-hybridized carbons (Fsp3) is 0.298. The largest absolute Gasteiger partial charge is 0.457 e. The molecular weight excluding hydrogens is 781 g/mol. The molecule has 0 amide bonds. The zero-order chi connectivity index (χ0) is 43.5. The molecule has 6 heteroatoms. The third-order valence-corrected chi connectivity index (χ3v) is 13.5. The molecule has 0 fully saturated rings. The number of unbranched alkanes of at least 4 members (excludes halogenated alkanes) is 10. The summed E-state index contributed by atoms with van der Waals surface area (Å²) in [6, 6.07) is 34.8. The molecular formula is C57H54O6. The molecule has 0 unspecified atom stereocenters. The number of hydrogen-bond acceptors (Lipinski definition) is 6. The van der Waals surface area contributed by atoms with Gasteiger partial charge in [-0.1, -0.05) is 164 Å². The van der Waals surface area contributed by atoms with Crippen LogP contribution in [0.25, 0.3) is 45.9 Å². The van der Waals surface area contributed by atoms with Gasteiger partial charge in [0, 0.05) is 38.8 Å². The van der Waals surface area contributed by atoms with Crippen molar-refractivity contribution in [3.63, 3.8) is 0 Å². The van der Waals surface area contributed by atoms with E-state index < -0.39 is 0 Å². The minimum Gasteiger partial charge on any atom is -0.457 e. The van der Waals surface area contributed by atoms with E-state index in [2.05, 4.69) is 50.2 Å². The number of rotatable bonds is 18. The lowest BCUT2D eigenvalue weighted by molar-refractivity contribution is 0.0974. The van der Waals surface area contributed by atoms with E-state index in [1.807, 2.05) is 24.3 Å². The molecule has 0 N–H and O–H groups in total. The molecule has 0 spiro atoms. The Morgan fingerprint density at radius 3 is 1.16 bits per heavy atom. The molecule has 2 heterocycles. The Morgan fingerprint density at radius 2 is 0.778 bits per heavy atom. The van der Waals surface area contributed by atoms with Crippen molar-refractivity contribution in [2.75, 3.05) is 0 Å². The minimum atomic E-state index is -0.273. The van der Waals surface area contributed by atoms with Crippen LogP contribution in [-0.4, -0.2) is 23.1 Å². The lowest BCUT2D eigenvalue weighted by Crippen LogP contribution is -2.25. The van der Waals surface area contributed by atoms with Crippen LogP contribution in [-0.2, 0) is 5.41 Å². The summed E-state index contributed by atoms with van der Waals surface area (Å²) in [4.78, 5) is 52.8. The number of benzene rings is 4. The molecule has 0 bridgehead atoms. The lowest BCUT2D eigenvalue weighted by atomic mass is 9.70. The summed E-state index contributed by atoms with van der Waals surface area (Å²) < 4.78 is 12.8. The predicted molar refractivity (Wildman–Crippen MR) is 250 cm³/mol. The van der Waals surface area contributed by atoms with Crippen LogP contribution >= 0.6 is 0 Å². The highest BCUT2D eigenvalue weighted by molar-refractivity contribution is 6.42. The molecule has 6 nitrogen and oxygen atoms in total. The predicted octanol–water partition coefficient (Wildman–Crippen LogP) is 14.9. The Labute approximate surface area is 370 Å². The van der Waals surface area contributed by atoms with Crippen LogP contribution in [0.4, 0.5) is 0 Å². The first-order valence-electron chi connectivity index (χ1n) is 23.1. The number of fused-ring (bicyclic) bond motifs is 5. The zero-order valence-electron chi connectivity index (χ0n) is 36.4. The average Bonchev–Trinajstić information content (AvgIpc) is 4.13. The first kappa shape index (κ1) is 41.9. The lowest BCUT2D eigenvalue weighted by Gasteiger charge is -2.33. The van der Waals surface area contributed by atoms with Gasteiger partial charge in [-0.15, -0.1) is 0 Å². The first-order valence-corrected chi connectivity index (χ1v) is 23.1. The second-order valence-electron chi connectivity index (χ2n) is 17.6. The second kappa shape index (κ2) is 18.1. The van der Waals surface area contributed by atoms with E-state index >= 15 is 0 Å². The number of allylic oxidation sites excluding steroid dienone is 2. The Kier molecular flexibility index (Phi) is 12.1. The van der Waals surface area contributed by atoms with E-state index in [9.17, 15) is 19.2 Å². The van der Waals surface area contributed by atoms with E-state index in [4.69, 9.17) is 8.83 Å². The van der Waals surface area contributed by atoms with Crippen LogP contribution < -0.4 is 0 Å². The van der Waals surface area contributed by atoms with Crippen molar-refractivity contribution in [1.82, 2.24) is 0 Å². The zero-order valence-corrected chi connectivity index (χ0v) is 36.4. The molecule has 0 radical (unpaired) electrons. The highest BCUT2D eigenvalue weighted by atomic mass is 16.3. The van der Waals surface area contributed by atoms with Crippen molar-refractivity contribution in [2.45, 2.75) is 109 Å². The van der Waals surface area contributed by atoms with Crippen LogP contribution in [0.5, 0.6) is 0 Å². The van der Waals surface area contributed by atoms with E-state index in [0.29, 0.717) is 45.3 Å². The summed E-state index contributed by atoms with van der Waals surface area (Å²) in [6.45, 7) is 4.52. The van der Waals surface area contributed by atoms with Gasteiger partial charge in [-0.2, -0.15) is 0 Å². The van der Waals surface area contributed by atoms with Gasteiger partial charge in [0.25, 0.3) is 0 Å². The second-order valence-corrected chi connectivity index (χ2v) is 17.6. The highest BCUT2D eigenvalue weighted by Crippen LogP contribution is 2.56. The summed E-state index contributed by atoms with van der Waals surface area (Å²) >= 11 is 0. The van der Waals surface area contributed by atoms with E-state index in [1.54, 1.807) is 60.7 Å². The van der Waals surface area contributed by atoms with Gasteiger partial charge in [-0.25, -0.2) is 0 Å². The molecule has 318 valence electrons. The third-order valence-electron chi connectivity index (χ3n) is 13.5. The smallest absolute Gasteiger partial charge is 0.197 e. The van der Waals surface area contributed by atoms with Crippen LogP contribution in [0, 0.1) is 0 Å². The van der Waals surface area contributed by atoms with Crippen molar-refractivity contribution < 1.29 is 28.0 Å². The summed E-state index contributed by atoms with van der Waals surface area (Å²) in [5.74, 6) is 1.21. The first-order chi connectivity index (χ1) is 30.8. The Morgan fingerprint density at radius 1 is 0.413 bits per heavy atom. The van der Waals surface area contributed by atoms with Gasteiger partial charge in [-0.3, -0.25) is 19.2 Å². The number of furan rings is 2. The third kappa shape index (κ3) is 7.97. The summed E-state index contributed by atoms with van der Waals surface area (Å²) in [5, 5.41) is 0. The number of carbonyl (C=O) groups excluding carboxylic acids is 4. The van der Waals surface area contributed by atoms with Gasteiger partial charge in [-0.05, 0) is 83.6 Å². The van der Waals surface area contributed by atoms with Crippen molar-refractivity contribution in [1.29, 1.82) is 0 Å². The Bertz CT molecular complexity index is 2540. The SMILES string of the molecule is CCCCCCCCC1(CCCCCCCC)c2cc(-c3ccc(C=C4C(=O)c5ccccc5C4=O)o3)ccc2-c2ccc(-c3ccc(C=C4C(=O)c5ccccc5C4=O)o3)cc21. The van der Waals surface area contributed by atoms with Gasteiger partial charge in [0.15, 0.2) is 23.1 Å². The van der Waals surface area contributed by atoms with Crippen molar-refractivity contribution in [2.24, 2.45) is 0 Å². The molecule has 9 rings (SSSR count). The fourth-order valence-electron chi connectivity index (χ4n) is 10.1. The van der Waals surface area contributed by atoms with Crippen molar-refractivity contribution in [3.05, 3.63) is 165 Å². The molecule has 6 aromatic rings. The van der Waals surface area contributed by atoms with Crippen LogP contribution in [0.3, 0.4) is 0 Å². The van der Waals surface area contributed by atoms with Gasteiger partial charge < -0.3 is 8.83 Å². The molecule has 2 aromatic heterocycles. The standard InChI is InChI=1S/C57H54O6/c1-3-5-7-9-11-17-31-57(32-18-12-10-8-6-4-2)49-33-37(51-29-25-39(62-51)35-47-53(58)43-19-13-14-20-44(43)54(47)59)23-27-41(49)42-28-24-38(34-50(42)57)52-30-26-40(63-52)36-48-55(60)45-21-15-16-22-46(45)56(48)61/h13-16,19-30,33-36H,3-12,17-18,31-32H2,1-2H3. The maximum Gasteiger partial charge on any atom is 0.197 e. The van der Waals surface area contributed by atoms with E-state index in [0.717, 1.165) is 36.8 Å². The van der Waals surface area contributed by atoms with Crippen molar-refractivity contribution in [3.8, 4) is 33.8 Å². The number of hydrogen-bond donors (Lipinski definition) is 0. The Balaban J connectivity index is 1.07. The topological polar surface area (TPSA) is 94.6 Å². The van der Waals surface area contributed by atoms with Crippen LogP contribution in [0.2, 0.25) is 0 Å². The average molecular weight is 835 g/mol. The fourth-order valence-corrected chi connectivity index (χ4v) is 10.1. The monoisotopic (exact) mass is 834 g/mol. The molecule has 0 atom stereocenters.